The fourth-order valence-corrected chi connectivity index (χ4v) is 1.48. The molecular formula is C9H12BrNO2. The SMILES string of the molecule is NCCC(O)(O)c1cccc(Br)c1. The molecule has 0 aliphatic heterocycles. The third kappa shape index (κ3) is 2.77. The van der Waals surface area contributed by atoms with Crippen LogP contribution in [0.2, 0.25) is 0 Å². The first-order valence-electron chi connectivity index (χ1n) is 3.97. The van der Waals surface area contributed by atoms with Crippen LogP contribution in [0.3, 0.4) is 0 Å². The van der Waals surface area contributed by atoms with Crippen molar-refractivity contribution in [2.24, 2.45) is 5.73 Å². The highest BCUT2D eigenvalue weighted by Gasteiger charge is 2.24. The van der Waals surface area contributed by atoms with E-state index in [0.29, 0.717) is 5.56 Å². The van der Waals surface area contributed by atoms with Crippen LogP contribution in [0.25, 0.3) is 0 Å². The van der Waals surface area contributed by atoms with Gasteiger partial charge in [0.05, 0.1) is 0 Å². The molecular weight excluding hydrogens is 234 g/mol. The van der Waals surface area contributed by atoms with Crippen molar-refractivity contribution < 1.29 is 10.2 Å². The lowest BCUT2D eigenvalue weighted by Crippen LogP contribution is -2.28. The molecule has 1 aromatic carbocycles. The summed E-state index contributed by atoms with van der Waals surface area (Å²) in [5, 5.41) is 19.1. The molecule has 0 atom stereocenters. The molecule has 0 radical (unpaired) electrons. The zero-order valence-corrected chi connectivity index (χ0v) is 8.66. The number of rotatable bonds is 3. The van der Waals surface area contributed by atoms with E-state index >= 15 is 0 Å². The molecule has 0 spiro atoms. The lowest BCUT2D eigenvalue weighted by Gasteiger charge is -2.21. The summed E-state index contributed by atoms with van der Waals surface area (Å²) in [4.78, 5) is 0. The zero-order valence-electron chi connectivity index (χ0n) is 7.07. The molecule has 72 valence electrons. The smallest absolute Gasteiger partial charge is 0.191 e. The Hall–Kier alpha value is -0.420. The first-order valence-corrected chi connectivity index (χ1v) is 4.76. The second-order valence-corrected chi connectivity index (χ2v) is 3.78. The van der Waals surface area contributed by atoms with Crippen molar-refractivity contribution in [2.75, 3.05) is 6.54 Å². The van der Waals surface area contributed by atoms with E-state index in [9.17, 15) is 10.2 Å². The van der Waals surface area contributed by atoms with E-state index in [0.717, 1.165) is 4.47 Å². The molecule has 0 aromatic heterocycles. The minimum Gasteiger partial charge on any atom is -0.362 e. The van der Waals surface area contributed by atoms with E-state index in [4.69, 9.17) is 5.73 Å². The van der Waals surface area contributed by atoms with E-state index in [1.165, 1.54) is 0 Å². The standard InChI is InChI=1S/C9H12BrNO2/c10-8-3-1-2-7(6-8)9(12,13)4-5-11/h1-3,6,12-13H,4-5,11H2. The van der Waals surface area contributed by atoms with Gasteiger partial charge in [-0.25, -0.2) is 0 Å². The topological polar surface area (TPSA) is 66.5 Å². The molecule has 3 nitrogen and oxygen atoms in total. The van der Waals surface area contributed by atoms with Crippen LogP contribution in [-0.2, 0) is 5.79 Å². The van der Waals surface area contributed by atoms with Crippen LogP contribution in [0.5, 0.6) is 0 Å². The highest BCUT2D eigenvalue weighted by molar-refractivity contribution is 9.10. The summed E-state index contributed by atoms with van der Waals surface area (Å²) in [5.74, 6) is -1.82. The van der Waals surface area contributed by atoms with Gasteiger partial charge in [-0.15, -0.1) is 0 Å². The second-order valence-electron chi connectivity index (χ2n) is 2.87. The Kier molecular flexibility index (Phi) is 3.44. The predicted molar refractivity (Wildman–Crippen MR) is 53.9 cm³/mol. The maximum absolute atomic E-state index is 9.56. The van der Waals surface area contributed by atoms with Gasteiger partial charge in [0.25, 0.3) is 0 Å². The predicted octanol–water partition coefficient (Wildman–Crippen LogP) is 0.935. The van der Waals surface area contributed by atoms with E-state index in [1.807, 2.05) is 6.07 Å². The number of hydrogen-bond acceptors (Lipinski definition) is 3. The summed E-state index contributed by atoms with van der Waals surface area (Å²) in [5.41, 5.74) is 5.71. The quantitative estimate of drug-likeness (QED) is 0.695. The van der Waals surface area contributed by atoms with Crippen LogP contribution in [0.15, 0.2) is 28.7 Å². The lowest BCUT2D eigenvalue weighted by atomic mass is 10.0. The summed E-state index contributed by atoms with van der Waals surface area (Å²) in [6.45, 7) is 0.236. The summed E-state index contributed by atoms with van der Waals surface area (Å²) in [6.07, 6.45) is 0.128. The Balaban J connectivity index is 2.93. The van der Waals surface area contributed by atoms with Gasteiger partial charge in [-0.1, -0.05) is 28.1 Å². The van der Waals surface area contributed by atoms with Gasteiger partial charge in [0.1, 0.15) is 0 Å². The molecule has 13 heavy (non-hydrogen) atoms. The van der Waals surface area contributed by atoms with E-state index in [1.54, 1.807) is 18.2 Å². The van der Waals surface area contributed by atoms with Crippen molar-refractivity contribution in [2.45, 2.75) is 12.2 Å². The summed E-state index contributed by atoms with van der Waals surface area (Å²) < 4.78 is 0.814. The molecule has 0 unspecified atom stereocenters. The van der Waals surface area contributed by atoms with Crippen LogP contribution < -0.4 is 5.73 Å². The monoisotopic (exact) mass is 245 g/mol. The summed E-state index contributed by atoms with van der Waals surface area (Å²) in [7, 11) is 0. The van der Waals surface area contributed by atoms with Gasteiger partial charge >= 0.3 is 0 Å². The Labute approximate surface area is 85.3 Å². The Morgan fingerprint density at radius 3 is 2.62 bits per heavy atom. The summed E-state index contributed by atoms with van der Waals surface area (Å²) >= 11 is 3.25. The van der Waals surface area contributed by atoms with Crippen LogP contribution in [0.4, 0.5) is 0 Å². The maximum Gasteiger partial charge on any atom is 0.191 e. The van der Waals surface area contributed by atoms with Crippen molar-refractivity contribution in [3.05, 3.63) is 34.3 Å². The van der Waals surface area contributed by atoms with Crippen LogP contribution in [0.1, 0.15) is 12.0 Å². The largest absolute Gasteiger partial charge is 0.362 e. The maximum atomic E-state index is 9.56. The fourth-order valence-electron chi connectivity index (χ4n) is 1.08. The second kappa shape index (κ2) is 4.19. The van der Waals surface area contributed by atoms with Gasteiger partial charge in [0.2, 0.25) is 0 Å². The molecule has 4 N–H and O–H groups in total. The number of benzene rings is 1. The van der Waals surface area contributed by atoms with Crippen molar-refractivity contribution in [3.63, 3.8) is 0 Å². The molecule has 0 fully saturated rings. The van der Waals surface area contributed by atoms with Gasteiger partial charge < -0.3 is 15.9 Å². The molecule has 1 rings (SSSR count). The third-order valence-corrected chi connectivity index (χ3v) is 2.27. The van der Waals surface area contributed by atoms with Gasteiger partial charge in [-0.05, 0) is 18.7 Å². The number of hydrogen-bond donors (Lipinski definition) is 3. The third-order valence-electron chi connectivity index (χ3n) is 1.78. The Morgan fingerprint density at radius 1 is 1.38 bits per heavy atom. The van der Waals surface area contributed by atoms with Crippen LogP contribution >= 0.6 is 15.9 Å². The van der Waals surface area contributed by atoms with Gasteiger partial charge in [0.15, 0.2) is 5.79 Å². The highest BCUT2D eigenvalue weighted by atomic mass is 79.9. The van der Waals surface area contributed by atoms with Crippen molar-refractivity contribution >= 4 is 15.9 Å². The zero-order chi connectivity index (χ0) is 9.90. The molecule has 0 amide bonds. The normalized spacial score (nSPS) is 11.7. The minimum atomic E-state index is -1.82. The first kappa shape index (κ1) is 10.7. The number of nitrogens with two attached hydrogens (primary N) is 1. The molecule has 0 aliphatic rings. The first-order chi connectivity index (χ1) is 6.06. The average molecular weight is 246 g/mol. The summed E-state index contributed by atoms with van der Waals surface area (Å²) in [6, 6.07) is 6.88. The van der Waals surface area contributed by atoms with Gasteiger partial charge in [0, 0.05) is 16.5 Å². The molecule has 0 aliphatic carbocycles. The molecule has 0 saturated heterocycles. The van der Waals surface area contributed by atoms with Crippen molar-refractivity contribution in [1.82, 2.24) is 0 Å². The van der Waals surface area contributed by atoms with Gasteiger partial charge in [-0.3, -0.25) is 0 Å². The number of aliphatic hydroxyl groups is 2. The lowest BCUT2D eigenvalue weighted by molar-refractivity contribution is -0.172. The number of halogens is 1. The highest BCUT2D eigenvalue weighted by Crippen LogP contribution is 2.23. The minimum absolute atomic E-state index is 0.128. The van der Waals surface area contributed by atoms with Crippen LogP contribution in [0, 0.1) is 0 Å². The average Bonchev–Trinajstić information content (AvgIpc) is 2.04. The molecule has 0 bridgehead atoms. The van der Waals surface area contributed by atoms with E-state index in [-0.39, 0.29) is 13.0 Å². The molecule has 0 saturated carbocycles. The van der Waals surface area contributed by atoms with Crippen molar-refractivity contribution in [3.8, 4) is 0 Å². The Morgan fingerprint density at radius 2 is 2.08 bits per heavy atom. The Bertz CT molecular complexity index is 289. The molecule has 0 heterocycles. The van der Waals surface area contributed by atoms with E-state index < -0.39 is 5.79 Å². The molecule has 1 aromatic rings. The van der Waals surface area contributed by atoms with E-state index in [2.05, 4.69) is 15.9 Å². The van der Waals surface area contributed by atoms with Gasteiger partial charge in [-0.2, -0.15) is 0 Å². The van der Waals surface area contributed by atoms with Crippen LogP contribution in [-0.4, -0.2) is 16.8 Å². The van der Waals surface area contributed by atoms with Crippen molar-refractivity contribution in [1.29, 1.82) is 0 Å². The fraction of sp³-hybridized carbons (Fsp3) is 0.333. The molecule has 4 heteroatoms.